The molecule has 1 fully saturated rings. The largest absolute Gasteiger partial charge is 0.235 e. The molecule has 0 saturated carbocycles. The molecular weight excluding hydrogens is 276 g/mol. The van der Waals surface area contributed by atoms with E-state index in [2.05, 4.69) is 4.99 Å². The van der Waals surface area contributed by atoms with Crippen molar-refractivity contribution in [2.45, 2.75) is 37.6 Å². The molecule has 1 saturated heterocycles. The number of benzene rings is 1. The van der Waals surface area contributed by atoms with Crippen LogP contribution in [0.15, 0.2) is 35.3 Å². The van der Waals surface area contributed by atoms with Crippen LogP contribution in [0.4, 0.5) is 0 Å². The van der Waals surface area contributed by atoms with Crippen LogP contribution in [0.25, 0.3) is 0 Å². The molecule has 0 aromatic heterocycles. The number of sulfonamides is 1. The third kappa shape index (κ3) is 3.54. The molecule has 0 spiro atoms. The van der Waals surface area contributed by atoms with Crippen LogP contribution in [0, 0.1) is 0 Å². The molecule has 20 heavy (non-hydrogen) atoms. The van der Waals surface area contributed by atoms with Crippen molar-refractivity contribution in [3.63, 3.8) is 0 Å². The third-order valence-electron chi connectivity index (χ3n) is 3.57. The fraction of sp³-hybridized carbons (Fsp3) is 0.500. The first-order valence-corrected chi connectivity index (χ1v) is 8.24. The van der Waals surface area contributed by atoms with Gasteiger partial charge in [0.05, 0.1) is 11.8 Å². The van der Waals surface area contributed by atoms with Crippen LogP contribution in [-0.4, -0.2) is 37.4 Å². The summed E-state index contributed by atoms with van der Waals surface area (Å²) in [5, 5.41) is 0. The van der Waals surface area contributed by atoms with Gasteiger partial charge < -0.3 is 0 Å². The first-order chi connectivity index (χ1) is 9.53. The van der Waals surface area contributed by atoms with Crippen LogP contribution in [0.2, 0.25) is 0 Å². The molecule has 2 atom stereocenters. The van der Waals surface area contributed by atoms with E-state index in [0.717, 1.165) is 5.56 Å². The Kier molecular flexibility index (Phi) is 4.70. The van der Waals surface area contributed by atoms with Gasteiger partial charge in [0.15, 0.2) is 0 Å². The molecule has 1 aliphatic rings. The van der Waals surface area contributed by atoms with Gasteiger partial charge in [0, 0.05) is 12.6 Å². The lowest BCUT2D eigenvalue weighted by atomic mass is 10.0. The lowest BCUT2D eigenvalue weighted by Gasteiger charge is -2.34. The highest BCUT2D eigenvalue weighted by Gasteiger charge is 2.33. The highest BCUT2D eigenvalue weighted by atomic mass is 32.2. The maximum atomic E-state index is 12.4. The van der Waals surface area contributed by atoms with Gasteiger partial charge in [-0.3, -0.25) is 0 Å². The molecule has 0 bridgehead atoms. The molecular formula is C14H18N2O3S. The van der Waals surface area contributed by atoms with E-state index in [9.17, 15) is 13.2 Å². The number of piperidine rings is 1. The molecule has 6 heteroatoms. The van der Waals surface area contributed by atoms with E-state index < -0.39 is 10.0 Å². The summed E-state index contributed by atoms with van der Waals surface area (Å²) in [4.78, 5) is 14.0. The van der Waals surface area contributed by atoms with Gasteiger partial charge in [-0.2, -0.15) is 4.31 Å². The Hall–Kier alpha value is -1.49. The SMILES string of the molecule is CC1CC(N=C=O)CCN1S(=O)(=O)Cc1ccccc1. The predicted molar refractivity (Wildman–Crippen MR) is 76.4 cm³/mol. The lowest BCUT2D eigenvalue weighted by Crippen LogP contribution is -2.46. The Bertz CT molecular complexity index is 594. The van der Waals surface area contributed by atoms with E-state index in [1.807, 2.05) is 37.3 Å². The van der Waals surface area contributed by atoms with Crippen LogP contribution in [0.5, 0.6) is 0 Å². The number of aliphatic imine (C=N–C) groups is 1. The summed E-state index contributed by atoms with van der Waals surface area (Å²) in [6, 6.07) is 8.91. The molecule has 0 amide bonds. The Morgan fingerprint density at radius 2 is 2.05 bits per heavy atom. The Morgan fingerprint density at radius 3 is 2.65 bits per heavy atom. The molecule has 1 aromatic rings. The third-order valence-corrected chi connectivity index (χ3v) is 5.53. The van der Waals surface area contributed by atoms with Gasteiger partial charge in [-0.15, -0.1) is 0 Å². The van der Waals surface area contributed by atoms with Crippen molar-refractivity contribution in [3.05, 3.63) is 35.9 Å². The van der Waals surface area contributed by atoms with Gasteiger partial charge in [-0.1, -0.05) is 30.3 Å². The second kappa shape index (κ2) is 6.31. The summed E-state index contributed by atoms with van der Waals surface area (Å²) < 4.78 is 26.4. The van der Waals surface area contributed by atoms with Gasteiger partial charge in [0.2, 0.25) is 16.1 Å². The average molecular weight is 294 g/mol. The van der Waals surface area contributed by atoms with E-state index in [1.54, 1.807) is 6.08 Å². The zero-order chi connectivity index (χ0) is 14.6. The Morgan fingerprint density at radius 1 is 1.35 bits per heavy atom. The summed E-state index contributed by atoms with van der Waals surface area (Å²) in [6.45, 7) is 2.27. The van der Waals surface area contributed by atoms with Crippen LogP contribution < -0.4 is 0 Å². The molecule has 1 aliphatic heterocycles. The van der Waals surface area contributed by atoms with Gasteiger partial charge in [-0.25, -0.2) is 18.2 Å². The molecule has 5 nitrogen and oxygen atoms in total. The van der Waals surface area contributed by atoms with Crippen molar-refractivity contribution in [1.29, 1.82) is 0 Å². The number of rotatable bonds is 4. The molecule has 1 aromatic carbocycles. The number of carbonyl (C=O) groups excluding carboxylic acids is 1. The molecule has 0 N–H and O–H groups in total. The van der Waals surface area contributed by atoms with Gasteiger partial charge in [-0.05, 0) is 25.3 Å². The molecule has 2 unspecified atom stereocenters. The van der Waals surface area contributed by atoms with E-state index in [0.29, 0.717) is 19.4 Å². The van der Waals surface area contributed by atoms with Crippen molar-refractivity contribution in [2.24, 2.45) is 4.99 Å². The fourth-order valence-electron chi connectivity index (χ4n) is 2.60. The average Bonchev–Trinajstić information content (AvgIpc) is 2.39. The zero-order valence-corrected chi connectivity index (χ0v) is 12.2. The van der Waals surface area contributed by atoms with Crippen LogP contribution in [0.3, 0.4) is 0 Å². The van der Waals surface area contributed by atoms with Crippen LogP contribution >= 0.6 is 0 Å². The molecule has 2 rings (SSSR count). The van der Waals surface area contributed by atoms with Crippen LogP contribution in [0.1, 0.15) is 25.3 Å². The molecule has 1 heterocycles. The smallest absolute Gasteiger partial charge is 0.212 e. The first-order valence-electron chi connectivity index (χ1n) is 6.63. The van der Waals surface area contributed by atoms with Crippen LogP contribution in [-0.2, 0) is 20.6 Å². The predicted octanol–water partition coefficient (Wildman–Crippen LogP) is 1.71. The number of hydrogen-bond donors (Lipinski definition) is 0. The minimum atomic E-state index is -3.33. The number of hydrogen-bond acceptors (Lipinski definition) is 4. The minimum Gasteiger partial charge on any atom is -0.212 e. The lowest BCUT2D eigenvalue weighted by molar-refractivity contribution is 0.247. The Labute approximate surface area is 119 Å². The quantitative estimate of drug-likeness (QED) is 0.627. The van der Waals surface area contributed by atoms with Gasteiger partial charge in [0.1, 0.15) is 0 Å². The van der Waals surface area contributed by atoms with Crippen molar-refractivity contribution in [1.82, 2.24) is 4.31 Å². The van der Waals surface area contributed by atoms with E-state index >= 15 is 0 Å². The topological polar surface area (TPSA) is 66.8 Å². The van der Waals surface area contributed by atoms with Crippen molar-refractivity contribution >= 4 is 16.1 Å². The van der Waals surface area contributed by atoms with Gasteiger partial charge in [0.25, 0.3) is 0 Å². The monoisotopic (exact) mass is 294 g/mol. The maximum absolute atomic E-state index is 12.4. The normalized spacial score (nSPS) is 24.1. The van der Waals surface area contributed by atoms with Crippen molar-refractivity contribution in [3.8, 4) is 0 Å². The summed E-state index contributed by atoms with van der Waals surface area (Å²) in [5.74, 6) is 0.0137. The van der Waals surface area contributed by atoms with Crippen molar-refractivity contribution < 1.29 is 13.2 Å². The summed E-state index contributed by atoms with van der Waals surface area (Å²) in [5.41, 5.74) is 0.785. The van der Waals surface area contributed by atoms with Gasteiger partial charge >= 0.3 is 0 Å². The highest BCUT2D eigenvalue weighted by Crippen LogP contribution is 2.24. The minimum absolute atomic E-state index is 0.0137. The van der Waals surface area contributed by atoms with E-state index in [4.69, 9.17) is 0 Å². The summed E-state index contributed by atoms with van der Waals surface area (Å²) >= 11 is 0. The number of nitrogens with zero attached hydrogens (tertiary/aromatic N) is 2. The van der Waals surface area contributed by atoms with Crippen molar-refractivity contribution in [2.75, 3.05) is 6.54 Å². The second-order valence-electron chi connectivity index (χ2n) is 5.10. The van der Waals surface area contributed by atoms with E-state index in [1.165, 1.54) is 4.31 Å². The standard InChI is InChI=1S/C14H18N2O3S/c1-12-9-14(15-11-17)7-8-16(12)20(18,19)10-13-5-3-2-4-6-13/h2-6,12,14H,7-10H2,1H3. The Balaban J connectivity index is 2.09. The zero-order valence-electron chi connectivity index (χ0n) is 11.4. The fourth-order valence-corrected chi connectivity index (χ4v) is 4.40. The summed E-state index contributed by atoms with van der Waals surface area (Å²) in [7, 11) is -3.33. The summed E-state index contributed by atoms with van der Waals surface area (Å²) in [6.07, 6.45) is 2.71. The molecule has 108 valence electrons. The number of isocyanates is 1. The van der Waals surface area contributed by atoms with E-state index in [-0.39, 0.29) is 17.8 Å². The first kappa shape index (κ1) is 14.9. The molecule has 0 radical (unpaired) electrons. The molecule has 0 aliphatic carbocycles. The highest BCUT2D eigenvalue weighted by molar-refractivity contribution is 7.88. The second-order valence-corrected chi connectivity index (χ2v) is 7.02. The maximum Gasteiger partial charge on any atom is 0.235 e.